The number of nitrogens with zero attached hydrogens (tertiary/aromatic N) is 2. The molecular weight excluding hydrogens is 322 g/mol. The molecule has 1 saturated heterocycles. The lowest BCUT2D eigenvalue weighted by molar-refractivity contribution is -0.144. The molecule has 25 heavy (non-hydrogen) atoms. The van der Waals surface area contributed by atoms with Crippen molar-refractivity contribution in [1.29, 1.82) is 0 Å². The number of ether oxygens (including phenoxy) is 1. The van der Waals surface area contributed by atoms with Crippen LogP contribution < -0.4 is 5.32 Å². The predicted molar refractivity (Wildman–Crippen MR) is 93.0 cm³/mol. The highest BCUT2D eigenvalue weighted by Gasteiger charge is 2.32. The van der Waals surface area contributed by atoms with E-state index in [2.05, 4.69) is 5.32 Å². The van der Waals surface area contributed by atoms with Gasteiger partial charge in [-0.2, -0.15) is 0 Å². The Bertz CT molecular complexity index is 647. The molecule has 7 nitrogen and oxygen atoms in total. The van der Waals surface area contributed by atoms with Gasteiger partial charge in [-0.25, -0.2) is 0 Å². The van der Waals surface area contributed by atoms with Crippen LogP contribution in [-0.2, 0) is 14.3 Å². The van der Waals surface area contributed by atoms with Gasteiger partial charge in [0.05, 0.1) is 6.04 Å². The van der Waals surface area contributed by atoms with Crippen molar-refractivity contribution in [3.63, 3.8) is 0 Å². The van der Waals surface area contributed by atoms with E-state index in [4.69, 9.17) is 4.74 Å². The van der Waals surface area contributed by atoms with Gasteiger partial charge in [0.15, 0.2) is 0 Å². The van der Waals surface area contributed by atoms with Gasteiger partial charge in [-0.1, -0.05) is 12.1 Å². The molecule has 0 saturated carbocycles. The van der Waals surface area contributed by atoms with E-state index in [1.807, 2.05) is 13.0 Å². The highest BCUT2D eigenvalue weighted by atomic mass is 16.5. The van der Waals surface area contributed by atoms with E-state index in [9.17, 15) is 14.4 Å². The minimum atomic E-state index is -0.276. The molecular formula is C18H25N3O4. The molecule has 1 fully saturated rings. The zero-order chi connectivity index (χ0) is 18.4. The molecule has 7 heteroatoms. The maximum Gasteiger partial charge on any atom is 0.251 e. The second-order valence-electron chi connectivity index (χ2n) is 5.91. The van der Waals surface area contributed by atoms with Crippen molar-refractivity contribution >= 4 is 17.7 Å². The molecule has 136 valence electrons. The van der Waals surface area contributed by atoms with E-state index < -0.39 is 0 Å². The SMILES string of the molecule is CCOCC(=O)N1CCN(C(C)=O)C(c2cccc(C(=O)NC)c2)C1. The molecule has 1 aliphatic rings. The van der Waals surface area contributed by atoms with Crippen molar-refractivity contribution in [2.45, 2.75) is 19.9 Å². The van der Waals surface area contributed by atoms with E-state index in [1.54, 1.807) is 35.0 Å². The van der Waals surface area contributed by atoms with Gasteiger partial charge in [-0.05, 0) is 24.6 Å². The van der Waals surface area contributed by atoms with Crippen molar-refractivity contribution < 1.29 is 19.1 Å². The summed E-state index contributed by atoms with van der Waals surface area (Å²) in [5.74, 6) is -0.318. The number of amides is 3. The van der Waals surface area contributed by atoms with E-state index in [0.29, 0.717) is 31.8 Å². The first-order valence-electron chi connectivity index (χ1n) is 8.42. The molecule has 1 N–H and O–H groups in total. The Morgan fingerprint density at radius 3 is 2.68 bits per heavy atom. The number of piperazine rings is 1. The van der Waals surface area contributed by atoms with Crippen LogP contribution in [0, 0.1) is 0 Å². The minimum absolute atomic E-state index is 0.0432. The van der Waals surface area contributed by atoms with Crippen molar-refractivity contribution in [2.24, 2.45) is 0 Å². The third-order valence-corrected chi connectivity index (χ3v) is 4.33. The zero-order valence-corrected chi connectivity index (χ0v) is 14.9. The molecule has 0 aliphatic carbocycles. The highest BCUT2D eigenvalue weighted by Crippen LogP contribution is 2.26. The summed E-state index contributed by atoms with van der Waals surface area (Å²) in [4.78, 5) is 39.6. The lowest BCUT2D eigenvalue weighted by Crippen LogP contribution is -2.52. The Hall–Kier alpha value is -2.41. The van der Waals surface area contributed by atoms with Crippen LogP contribution in [0.4, 0.5) is 0 Å². The number of rotatable bonds is 5. The van der Waals surface area contributed by atoms with E-state index in [1.165, 1.54) is 6.92 Å². The first-order valence-corrected chi connectivity index (χ1v) is 8.42. The van der Waals surface area contributed by atoms with Crippen molar-refractivity contribution in [3.05, 3.63) is 35.4 Å². The molecule has 2 rings (SSSR count). The van der Waals surface area contributed by atoms with Crippen LogP contribution in [0.3, 0.4) is 0 Å². The van der Waals surface area contributed by atoms with Gasteiger partial charge in [-0.3, -0.25) is 14.4 Å². The number of benzene rings is 1. The summed E-state index contributed by atoms with van der Waals surface area (Å²) >= 11 is 0. The van der Waals surface area contributed by atoms with E-state index in [-0.39, 0.29) is 30.4 Å². The Labute approximate surface area is 147 Å². The van der Waals surface area contributed by atoms with Crippen LogP contribution >= 0.6 is 0 Å². The average molecular weight is 347 g/mol. The fourth-order valence-electron chi connectivity index (χ4n) is 2.98. The quantitative estimate of drug-likeness (QED) is 0.855. The van der Waals surface area contributed by atoms with Gasteiger partial charge in [0.1, 0.15) is 6.61 Å². The van der Waals surface area contributed by atoms with Crippen LogP contribution in [-0.4, -0.2) is 67.4 Å². The standard InChI is InChI=1S/C18H25N3O4/c1-4-25-12-17(23)20-8-9-21(13(2)22)16(11-20)14-6-5-7-15(10-14)18(24)19-3/h5-7,10,16H,4,8-9,11-12H2,1-3H3,(H,19,24). The lowest BCUT2D eigenvalue weighted by Gasteiger charge is -2.41. The second kappa shape index (κ2) is 8.62. The molecule has 1 unspecified atom stereocenters. The van der Waals surface area contributed by atoms with Gasteiger partial charge in [0.2, 0.25) is 11.8 Å². The molecule has 0 bridgehead atoms. The van der Waals surface area contributed by atoms with Gasteiger partial charge < -0.3 is 19.9 Å². The minimum Gasteiger partial charge on any atom is -0.372 e. The molecule has 3 amide bonds. The van der Waals surface area contributed by atoms with Crippen LogP contribution in [0.15, 0.2) is 24.3 Å². The fourth-order valence-corrected chi connectivity index (χ4v) is 2.98. The number of carbonyl (C=O) groups excluding carboxylic acids is 3. The van der Waals surface area contributed by atoms with Crippen LogP contribution in [0.1, 0.15) is 35.8 Å². The molecule has 1 aliphatic heterocycles. The first-order chi connectivity index (χ1) is 12.0. The maximum absolute atomic E-state index is 12.3. The van der Waals surface area contributed by atoms with Crippen molar-refractivity contribution in [1.82, 2.24) is 15.1 Å². The van der Waals surface area contributed by atoms with Crippen molar-refractivity contribution in [3.8, 4) is 0 Å². The lowest BCUT2D eigenvalue weighted by atomic mass is 9.99. The van der Waals surface area contributed by atoms with Crippen molar-refractivity contribution in [2.75, 3.05) is 39.9 Å². The third-order valence-electron chi connectivity index (χ3n) is 4.33. The normalized spacial score (nSPS) is 17.3. The van der Waals surface area contributed by atoms with Crippen LogP contribution in [0.25, 0.3) is 0 Å². The summed E-state index contributed by atoms with van der Waals surface area (Å²) in [6, 6.07) is 6.89. The largest absolute Gasteiger partial charge is 0.372 e. The molecule has 1 atom stereocenters. The fraction of sp³-hybridized carbons (Fsp3) is 0.500. The number of carbonyl (C=O) groups is 3. The smallest absolute Gasteiger partial charge is 0.251 e. The highest BCUT2D eigenvalue weighted by molar-refractivity contribution is 5.94. The molecule has 1 aromatic carbocycles. The number of hydrogen-bond acceptors (Lipinski definition) is 4. The van der Waals surface area contributed by atoms with E-state index >= 15 is 0 Å². The van der Waals surface area contributed by atoms with Crippen LogP contribution in [0.2, 0.25) is 0 Å². The molecule has 1 aromatic rings. The monoisotopic (exact) mass is 347 g/mol. The number of hydrogen-bond donors (Lipinski definition) is 1. The topological polar surface area (TPSA) is 79.0 Å². The number of nitrogens with one attached hydrogen (secondary N) is 1. The summed E-state index contributed by atoms with van der Waals surface area (Å²) in [6.07, 6.45) is 0. The van der Waals surface area contributed by atoms with Gasteiger partial charge in [0.25, 0.3) is 5.91 Å². The third kappa shape index (κ3) is 4.57. The molecule has 0 spiro atoms. The Morgan fingerprint density at radius 1 is 1.28 bits per heavy atom. The average Bonchev–Trinajstić information content (AvgIpc) is 2.64. The van der Waals surface area contributed by atoms with Gasteiger partial charge in [0, 0.05) is 45.8 Å². The first kappa shape index (κ1) is 18.9. The summed E-state index contributed by atoms with van der Waals surface area (Å²) in [7, 11) is 1.58. The predicted octanol–water partition coefficient (Wildman–Crippen LogP) is 0.814. The Morgan fingerprint density at radius 2 is 2.04 bits per heavy atom. The summed E-state index contributed by atoms with van der Waals surface area (Å²) in [5.41, 5.74) is 1.37. The summed E-state index contributed by atoms with van der Waals surface area (Å²) in [6.45, 7) is 5.22. The maximum atomic E-state index is 12.3. The Balaban J connectivity index is 2.25. The molecule has 0 aromatic heterocycles. The zero-order valence-electron chi connectivity index (χ0n) is 14.9. The summed E-state index contributed by atoms with van der Waals surface area (Å²) < 4.78 is 5.20. The van der Waals surface area contributed by atoms with Crippen LogP contribution in [0.5, 0.6) is 0 Å². The molecule has 0 radical (unpaired) electrons. The Kier molecular flexibility index (Phi) is 6.52. The van der Waals surface area contributed by atoms with Gasteiger partial charge >= 0.3 is 0 Å². The summed E-state index contributed by atoms with van der Waals surface area (Å²) in [5, 5.41) is 2.60. The van der Waals surface area contributed by atoms with Gasteiger partial charge in [-0.15, -0.1) is 0 Å². The molecule has 1 heterocycles. The second-order valence-corrected chi connectivity index (χ2v) is 5.91. The van der Waals surface area contributed by atoms with E-state index in [0.717, 1.165) is 5.56 Å².